The lowest BCUT2D eigenvalue weighted by atomic mass is 9.86. The van der Waals surface area contributed by atoms with Gasteiger partial charge in [0.2, 0.25) is 0 Å². The predicted octanol–water partition coefficient (Wildman–Crippen LogP) is 3.57. The van der Waals surface area contributed by atoms with E-state index >= 15 is 0 Å². The van der Waals surface area contributed by atoms with E-state index in [1.54, 1.807) is 0 Å². The molecular weight excluding hydrogens is 234 g/mol. The lowest BCUT2D eigenvalue weighted by Crippen LogP contribution is -2.26. The van der Waals surface area contributed by atoms with Gasteiger partial charge in [-0.2, -0.15) is 0 Å². The van der Waals surface area contributed by atoms with Crippen LogP contribution in [0.1, 0.15) is 72.6 Å². The lowest BCUT2D eigenvalue weighted by molar-refractivity contribution is 0.514. The first-order chi connectivity index (χ1) is 8.50. The Morgan fingerprint density at radius 1 is 0.947 bits per heavy atom. The van der Waals surface area contributed by atoms with Crippen LogP contribution in [0.4, 0.5) is 0 Å². The predicted molar refractivity (Wildman–Crippen MR) is 81.4 cm³/mol. The third kappa shape index (κ3) is 4.90. The molecule has 0 amide bonds. The fraction of sp³-hybridized carbons (Fsp3) is 0.750. The first-order valence-corrected chi connectivity index (χ1v) is 7.12. The minimum atomic E-state index is 0.0511. The van der Waals surface area contributed by atoms with E-state index in [-0.39, 0.29) is 10.8 Å². The Labute approximate surface area is 118 Å². The van der Waals surface area contributed by atoms with Gasteiger partial charge in [0.1, 0.15) is 5.82 Å². The topological polar surface area (TPSA) is 37.8 Å². The van der Waals surface area contributed by atoms with Gasteiger partial charge < -0.3 is 5.32 Å². The Bertz CT molecular complexity index is 390. The van der Waals surface area contributed by atoms with E-state index in [1.807, 2.05) is 0 Å². The average Bonchev–Trinajstić information content (AvgIpc) is 2.23. The van der Waals surface area contributed by atoms with Crippen LogP contribution < -0.4 is 5.32 Å². The second-order valence-electron chi connectivity index (χ2n) is 7.59. The summed E-state index contributed by atoms with van der Waals surface area (Å²) in [6, 6.07) is 2.60. The SMILES string of the molecule is CC(C)NCc1nc(C(C)(C)C)cc(C(C)(C)C)n1. The Morgan fingerprint density at radius 2 is 1.37 bits per heavy atom. The normalized spacial score (nSPS) is 13.1. The first kappa shape index (κ1) is 16.1. The van der Waals surface area contributed by atoms with Gasteiger partial charge in [0.05, 0.1) is 6.54 Å². The molecule has 0 radical (unpaired) electrons. The minimum Gasteiger partial charge on any atom is -0.308 e. The van der Waals surface area contributed by atoms with Crippen molar-refractivity contribution in [1.82, 2.24) is 15.3 Å². The first-order valence-electron chi connectivity index (χ1n) is 7.12. The molecule has 1 N–H and O–H groups in total. The highest BCUT2D eigenvalue weighted by Crippen LogP contribution is 2.26. The Balaban J connectivity index is 3.17. The second-order valence-corrected chi connectivity index (χ2v) is 7.59. The van der Waals surface area contributed by atoms with Crippen molar-refractivity contribution < 1.29 is 0 Å². The summed E-state index contributed by atoms with van der Waals surface area (Å²) in [6.07, 6.45) is 0. The van der Waals surface area contributed by atoms with E-state index < -0.39 is 0 Å². The van der Waals surface area contributed by atoms with Crippen molar-refractivity contribution in [2.75, 3.05) is 0 Å². The van der Waals surface area contributed by atoms with Crippen LogP contribution in [0.15, 0.2) is 6.07 Å². The molecular formula is C16H29N3. The minimum absolute atomic E-state index is 0.0511. The molecule has 0 aliphatic rings. The van der Waals surface area contributed by atoms with Gasteiger partial charge in [-0.05, 0) is 6.07 Å². The van der Waals surface area contributed by atoms with Crippen LogP contribution in [-0.2, 0) is 17.4 Å². The van der Waals surface area contributed by atoms with Crippen LogP contribution in [-0.4, -0.2) is 16.0 Å². The summed E-state index contributed by atoms with van der Waals surface area (Å²) in [4.78, 5) is 9.43. The van der Waals surface area contributed by atoms with E-state index in [0.717, 1.165) is 23.8 Å². The number of rotatable bonds is 3. The highest BCUT2D eigenvalue weighted by atomic mass is 15.0. The number of nitrogens with zero attached hydrogens (tertiary/aromatic N) is 2. The Kier molecular flexibility index (Phi) is 4.72. The number of hydrogen-bond acceptors (Lipinski definition) is 3. The van der Waals surface area contributed by atoms with E-state index in [2.05, 4.69) is 66.8 Å². The van der Waals surface area contributed by atoms with Crippen molar-refractivity contribution in [2.24, 2.45) is 0 Å². The van der Waals surface area contributed by atoms with Crippen LogP contribution in [0.2, 0.25) is 0 Å². The average molecular weight is 263 g/mol. The van der Waals surface area contributed by atoms with Crippen molar-refractivity contribution in [3.8, 4) is 0 Å². The molecule has 0 atom stereocenters. The molecule has 0 aromatic carbocycles. The van der Waals surface area contributed by atoms with Gasteiger partial charge in [-0.15, -0.1) is 0 Å². The van der Waals surface area contributed by atoms with Crippen molar-refractivity contribution >= 4 is 0 Å². The lowest BCUT2D eigenvalue weighted by Gasteiger charge is -2.24. The van der Waals surface area contributed by atoms with E-state index in [1.165, 1.54) is 0 Å². The maximum atomic E-state index is 4.72. The molecule has 0 saturated carbocycles. The second kappa shape index (κ2) is 5.58. The van der Waals surface area contributed by atoms with Gasteiger partial charge in [0.15, 0.2) is 0 Å². The third-order valence-electron chi connectivity index (χ3n) is 2.98. The van der Waals surface area contributed by atoms with E-state index in [4.69, 9.17) is 9.97 Å². The molecule has 0 saturated heterocycles. The summed E-state index contributed by atoms with van der Waals surface area (Å²) in [7, 11) is 0. The smallest absolute Gasteiger partial charge is 0.142 e. The molecule has 0 fully saturated rings. The van der Waals surface area contributed by atoms with Crippen molar-refractivity contribution in [3.05, 3.63) is 23.3 Å². The molecule has 1 heterocycles. The largest absolute Gasteiger partial charge is 0.308 e. The number of aromatic nitrogens is 2. The molecule has 1 aromatic heterocycles. The quantitative estimate of drug-likeness (QED) is 0.906. The van der Waals surface area contributed by atoms with Crippen molar-refractivity contribution in [1.29, 1.82) is 0 Å². The van der Waals surface area contributed by atoms with Gasteiger partial charge in [-0.1, -0.05) is 55.4 Å². The van der Waals surface area contributed by atoms with Crippen LogP contribution in [0, 0.1) is 0 Å². The molecule has 0 unspecified atom stereocenters. The zero-order chi connectivity index (χ0) is 14.8. The molecule has 0 aliphatic carbocycles. The molecule has 3 nitrogen and oxygen atoms in total. The highest BCUT2D eigenvalue weighted by molar-refractivity contribution is 5.22. The molecule has 0 bridgehead atoms. The van der Waals surface area contributed by atoms with Crippen LogP contribution in [0.25, 0.3) is 0 Å². The highest BCUT2D eigenvalue weighted by Gasteiger charge is 2.22. The van der Waals surface area contributed by atoms with Crippen LogP contribution >= 0.6 is 0 Å². The van der Waals surface area contributed by atoms with E-state index in [9.17, 15) is 0 Å². The van der Waals surface area contributed by atoms with E-state index in [0.29, 0.717) is 6.04 Å². The van der Waals surface area contributed by atoms with Gasteiger partial charge in [-0.3, -0.25) is 0 Å². The Hall–Kier alpha value is -0.960. The molecule has 1 rings (SSSR count). The summed E-state index contributed by atoms with van der Waals surface area (Å²) in [5.74, 6) is 0.894. The molecule has 19 heavy (non-hydrogen) atoms. The van der Waals surface area contributed by atoms with Crippen LogP contribution in [0.3, 0.4) is 0 Å². The fourth-order valence-corrected chi connectivity index (χ4v) is 1.64. The zero-order valence-corrected chi connectivity index (χ0v) is 13.8. The fourth-order valence-electron chi connectivity index (χ4n) is 1.64. The van der Waals surface area contributed by atoms with Gasteiger partial charge in [0, 0.05) is 28.3 Å². The van der Waals surface area contributed by atoms with Crippen molar-refractivity contribution in [3.63, 3.8) is 0 Å². The standard InChI is InChI=1S/C16H29N3/c1-11(2)17-10-14-18-12(15(3,4)5)9-13(19-14)16(6,7)8/h9,11,17H,10H2,1-8H3. The van der Waals surface area contributed by atoms with Crippen LogP contribution in [0.5, 0.6) is 0 Å². The summed E-state index contributed by atoms with van der Waals surface area (Å²) >= 11 is 0. The maximum absolute atomic E-state index is 4.72. The maximum Gasteiger partial charge on any atom is 0.142 e. The molecule has 108 valence electrons. The van der Waals surface area contributed by atoms with Gasteiger partial charge in [-0.25, -0.2) is 9.97 Å². The summed E-state index contributed by atoms with van der Waals surface area (Å²) < 4.78 is 0. The zero-order valence-electron chi connectivity index (χ0n) is 13.8. The van der Waals surface area contributed by atoms with Gasteiger partial charge >= 0.3 is 0 Å². The molecule has 3 heteroatoms. The molecule has 0 spiro atoms. The summed E-state index contributed by atoms with van der Waals surface area (Å²) in [6.45, 7) is 18.2. The van der Waals surface area contributed by atoms with Gasteiger partial charge in [0.25, 0.3) is 0 Å². The number of nitrogens with one attached hydrogen (secondary N) is 1. The monoisotopic (exact) mass is 263 g/mol. The molecule has 0 aliphatic heterocycles. The number of hydrogen-bond donors (Lipinski definition) is 1. The summed E-state index contributed by atoms with van der Waals surface area (Å²) in [5, 5.41) is 3.39. The van der Waals surface area contributed by atoms with Crippen molar-refractivity contribution in [2.45, 2.75) is 78.8 Å². The molecule has 1 aromatic rings. The Morgan fingerprint density at radius 3 is 1.68 bits per heavy atom. The third-order valence-corrected chi connectivity index (χ3v) is 2.98. The summed E-state index contributed by atoms with van der Waals surface area (Å²) in [5.41, 5.74) is 2.34.